The van der Waals surface area contributed by atoms with Crippen LogP contribution in [0.1, 0.15) is 35.3 Å². The molecule has 0 spiro atoms. The summed E-state index contributed by atoms with van der Waals surface area (Å²) < 4.78 is 37.4. The van der Waals surface area contributed by atoms with Gasteiger partial charge in [-0.3, -0.25) is 0 Å². The molecular weight excluding hydrogens is 378 g/mol. The summed E-state index contributed by atoms with van der Waals surface area (Å²) in [7, 11) is -2.04. The molecule has 28 heavy (non-hydrogen) atoms. The number of hydrogen-bond donors (Lipinski definition) is 0. The van der Waals surface area contributed by atoms with Gasteiger partial charge < -0.3 is 9.47 Å². The molecule has 0 heterocycles. The normalized spacial score (nSPS) is 11.5. The lowest BCUT2D eigenvalue weighted by Crippen LogP contribution is -2.31. The molecule has 0 atom stereocenters. The molecule has 2 aromatic rings. The standard InChI is InChI=1S/C21H27NO5S/c1-5-22(6-2)28(24,25)20-15-18(10-7-16(20)3)21(23)27-14-13-17-8-11-19(26-4)12-9-17/h7-12,15H,5-6,13-14H2,1-4H3. The zero-order chi connectivity index (χ0) is 20.7. The highest BCUT2D eigenvalue weighted by molar-refractivity contribution is 7.89. The number of rotatable bonds is 9. The minimum atomic E-state index is -3.64. The number of aryl methyl sites for hydroxylation is 1. The minimum absolute atomic E-state index is 0.140. The third-order valence-corrected chi connectivity index (χ3v) is 6.72. The van der Waals surface area contributed by atoms with E-state index in [0.29, 0.717) is 25.1 Å². The van der Waals surface area contributed by atoms with Gasteiger partial charge in [0.15, 0.2) is 0 Å². The molecular formula is C21H27NO5S. The first-order chi connectivity index (χ1) is 13.3. The third-order valence-electron chi connectivity index (χ3n) is 4.53. The molecule has 0 saturated heterocycles. The first-order valence-corrected chi connectivity index (χ1v) is 10.7. The van der Waals surface area contributed by atoms with Crippen molar-refractivity contribution in [1.29, 1.82) is 0 Å². The van der Waals surface area contributed by atoms with E-state index in [1.54, 1.807) is 40.0 Å². The van der Waals surface area contributed by atoms with Gasteiger partial charge in [0.05, 0.1) is 24.2 Å². The quantitative estimate of drug-likeness (QED) is 0.598. The summed E-state index contributed by atoms with van der Waals surface area (Å²) in [6.45, 7) is 6.23. The van der Waals surface area contributed by atoms with Crippen molar-refractivity contribution in [3.63, 3.8) is 0 Å². The van der Waals surface area contributed by atoms with Gasteiger partial charge in [-0.1, -0.05) is 32.0 Å². The van der Waals surface area contributed by atoms with Gasteiger partial charge in [-0.05, 0) is 42.3 Å². The summed E-state index contributed by atoms with van der Waals surface area (Å²) in [5.74, 6) is 0.229. The number of carbonyl (C=O) groups excluding carboxylic acids is 1. The Kier molecular flexibility index (Phi) is 7.60. The highest BCUT2D eigenvalue weighted by Gasteiger charge is 2.25. The SMILES string of the molecule is CCN(CC)S(=O)(=O)c1cc(C(=O)OCCc2ccc(OC)cc2)ccc1C. The number of nitrogens with zero attached hydrogens (tertiary/aromatic N) is 1. The van der Waals surface area contributed by atoms with Crippen LogP contribution in [0.25, 0.3) is 0 Å². The van der Waals surface area contributed by atoms with Crippen LogP contribution in [0.3, 0.4) is 0 Å². The van der Waals surface area contributed by atoms with Crippen LogP contribution in [0.2, 0.25) is 0 Å². The second-order valence-electron chi connectivity index (χ2n) is 6.30. The van der Waals surface area contributed by atoms with Crippen LogP contribution in [0.15, 0.2) is 47.4 Å². The number of esters is 1. The van der Waals surface area contributed by atoms with E-state index in [-0.39, 0.29) is 17.1 Å². The lowest BCUT2D eigenvalue weighted by molar-refractivity contribution is 0.0509. The van der Waals surface area contributed by atoms with Crippen molar-refractivity contribution in [1.82, 2.24) is 4.31 Å². The van der Waals surface area contributed by atoms with E-state index in [2.05, 4.69) is 0 Å². The summed E-state index contributed by atoms with van der Waals surface area (Å²) in [5, 5.41) is 0. The second kappa shape index (κ2) is 9.71. The third kappa shape index (κ3) is 5.11. The van der Waals surface area contributed by atoms with Gasteiger partial charge in [0.1, 0.15) is 5.75 Å². The maximum Gasteiger partial charge on any atom is 0.338 e. The smallest absolute Gasteiger partial charge is 0.338 e. The maximum atomic E-state index is 12.8. The van der Waals surface area contributed by atoms with Gasteiger partial charge >= 0.3 is 5.97 Å². The number of ether oxygens (including phenoxy) is 2. The van der Waals surface area contributed by atoms with Crippen molar-refractivity contribution in [2.45, 2.75) is 32.1 Å². The fraction of sp³-hybridized carbons (Fsp3) is 0.381. The Morgan fingerprint density at radius 3 is 2.25 bits per heavy atom. The van der Waals surface area contributed by atoms with Gasteiger partial charge in [0, 0.05) is 19.5 Å². The Balaban J connectivity index is 2.09. The first-order valence-electron chi connectivity index (χ1n) is 9.24. The molecule has 152 valence electrons. The fourth-order valence-corrected chi connectivity index (χ4v) is 4.55. The molecule has 0 radical (unpaired) electrons. The Labute approximate surface area is 167 Å². The highest BCUT2D eigenvalue weighted by Crippen LogP contribution is 2.22. The Bertz CT molecular complexity index is 903. The molecule has 0 amide bonds. The van der Waals surface area contributed by atoms with E-state index in [9.17, 15) is 13.2 Å². The van der Waals surface area contributed by atoms with Gasteiger partial charge in [0.2, 0.25) is 10.0 Å². The predicted molar refractivity (Wildman–Crippen MR) is 108 cm³/mol. The maximum absolute atomic E-state index is 12.8. The summed E-state index contributed by atoms with van der Waals surface area (Å²) >= 11 is 0. The van der Waals surface area contributed by atoms with Crippen LogP contribution in [0.5, 0.6) is 5.75 Å². The zero-order valence-electron chi connectivity index (χ0n) is 16.8. The molecule has 0 N–H and O–H groups in total. The number of hydrogen-bond acceptors (Lipinski definition) is 5. The summed E-state index contributed by atoms with van der Waals surface area (Å²) in [6.07, 6.45) is 0.562. The monoisotopic (exact) mass is 405 g/mol. The van der Waals surface area contributed by atoms with Gasteiger partial charge in [-0.15, -0.1) is 0 Å². The molecule has 7 heteroatoms. The molecule has 0 saturated carbocycles. The number of carbonyl (C=O) groups is 1. The lowest BCUT2D eigenvalue weighted by Gasteiger charge is -2.20. The van der Waals surface area contributed by atoms with Crippen molar-refractivity contribution < 1.29 is 22.7 Å². The fourth-order valence-electron chi connectivity index (χ4n) is 2.84. The zero-order valence-corrected chi connectivity index (χ0v) is 17.6. The van der Waals surface area contributed by atoms with E-state index in [1.807, 2.05) is 24.3 Å². The average molecular weight is 406 g/mol. The Morgan fingerprint density at radius 2 is 1.68 bits per heavy atom. The average Bonchev–Trinajstić information content (AvgIpc) is 2.69. The molecule has 0 aliphatic heterocycles. The number of methoxy groups -OCH3 is 1. The van der Waals surface area contributed by atoms with E-state index in [4.69, 9.17) is 9.47 Å². The molecule has 0 bridgehead atoms. The van der Waals surface area contributed by atoms with Crippen molar-refractivity contribution in [2.75, 3.05) is 26.8 Å². The lowest BCUT2D eigenvalue weighted by atomic mass is 10.1. The van der Waals surface area contributed by atoms with Crippen molar-refractivity contribution >= 4 is 16.0 Å². The van der Waals surface area contributed by atoms with E-state index < -0.39 is 16.0 Å². The predicted octanol–water partition coefficient (Wildman–Crippen LogP) is 3.43. The molecule has 0 aromatic heterocycles. The highest BCUT2D eigenvalue weighted by atomic mass is 32.2. The van der Waals surface area contributed by atoms with Crippen LogP contribution in [-0.2, 0) is 21.2 Å². The van der Waals surface area contributed by atoms with Crippen LogP contribution in [-0.4, -0.2) is 45.5 Å². The topological polar surface area (TPSA) is 72.9 Å². The van der Waals surface area contributed by atoms with Crippen molar-refractivity contribution in [3.05, 3.63) is 59.2 Å². The summed E-state index contributed by atoms with van der Waals surface area (Å²) in [4.78, 5) is 12.5. The van der Waals surface area contributed by atoms with E-state index >= 15 is 0 Å². The van der Waals surface area contributed by atoms with Crippen molar-refractivity contribution in [3.8, 4) is 5.75 Å². The Morgan fingerprint density at radius 1 is 1.04 bits per heavy atom. The van der Waals surface area contributed by atoms with E-state index in [0.717, 1.165) is 11.3 Å². The molecule has 2 aromatic carbocycles. The number of benzene rings is 2. The van der Waals surface area contributed by atoms with Gasteiger partial charge in [-0.2, -0.15) is 4.31 Å². The first kappa shape index (κ1) is 21.9. The van der Waals surface area contributed by atoms with Crippen LogP contribution in [0, 0.1) is 6.92 Å². The largest absolute Gasteiger partial charge is 0.497 e. The van der Waals surface area contributed by atoms with Crippen LogP contribution in [0.4, 0.5) is 0 Å². The minimum Gasteiger partial charge on any atom is -0.497 e. The molecule has 0 aliphatic rings. The summed E-state index contributed by atoms with van der Waals surface area (Å²) in [6, 6.07) is 12.1. The van der Waals surface area contributed by atoms with Crippen LogP contribution >= 0.6 is 0 Å². The molecule has 0 unspecified atom stereocenters. The summed E-state index contributed by atoms with van der Waals surface area (Å²) in [5.41, 5.74) is 1.84. The molecule has 0 fully saturated rings. The van der Waals surface area contributed by atoms with Gasteiger partial charge in [-0.25, -0.2) is 13.2 Å². The molecule has 2 rings (SSSR count). The number of sulfonamides is 1. The van der Waals surface area contributed by atoms with E-state index in [1.165, 1.54) is 10.4 Å². The van der Waals surface area contributed by atoms with Crippen LogP contribution < -0.4 is 4.74 Å². The van der Waals surface area contributed by atoms with Gasteiger partial charge in [0.25, 0.3) is 0 Å². The molecule has 6 nitrogen and oxygen atoms in total. The molecule has 0 aliphatic carbocycles. The Hall–Kier alpha value is -2.38. The van der Waals surface area contributed by atoms with Crippen molar-refractivity contribution in [2.24, 2.45) is 0 Å². The second-order valence-corrected chi connectivity index (χ2v) is 8.21.